The van der Waals surface area contributed by atoms with Gasteiger partial charge in [0.05, 0.1) is 0 Å². The number of thioether (sulfide) groups is 1. The van der Waals surface area contributed by atoms with Crippen LogP contribution in [0.3, 0.4) is 0 Å². The lowest BCUT2D eigenvalue weighted by molar-refractivity contribution is 1.26. The highest BCUT2D eigenvalue weighted by atomic mass is 32.2. The first-order valence-electron chi connectivity index (χ1n) is 6.12. The van der Waals surface area contributed by atoms with Crippen molar-refractivity contribution in [2.75, 3.05) is 0 Å². The fraction of sp³-hybridized carbons (Fsp3) is 0.0588. The number of hydrogen-bond donors (Lipinski definition) is 0. The van der Waals surface area contributed by atoms with Crippen LogP contribution in [0.1, 0.15) is 5.56 Å². The summed E-state index contributed by atoms with van der Waals surface area (Å²) in [7, 11) is 0. The molecular formula is C17H12S. The summed E-state index contributed by atoms with van der Waals surface area (Å²) in [5, 5.41) is 5.48. The second-order valence-corrected chi connectivity index (χ2v) is 5.91. The zero-order chi connectivity index (χ0) is 12.1. The Morgan fingerprint density at radius 3 is 2.06 bits per heavy atom. The number of rotatable bonds is 0. The molecule has 86 valence electrons. The molecule has 0 aliphatic carbocycles. The highest BCUT2D eigenvalue weighted by Crippen LogP contribution is 2.47. The monoisotopic (exact) mass is 248 g/mol. The Labute approximate surface area is 110 Å². The molecule has 0 atom stereocenters. The Morgan fingerprint density at radius 1 is 0.778 bits per heavy atom. The van der Waals surface area contributed by atoms with E-state index in [2.05, 4.69) is 55.1 Å². The van der Waals surface area contributed by atoms with Gasteiger partial charge in [0.15, 0.2) is 0 Å². The molecule has 0 radical (unpaired) electrons. The van der Waals surface area contributed by atoms with Crippen LogP contribution in [0.25, 0.3) is 21.5 Å². The third kappa shape index (κ3) is 1.28. The summed E-state index contributed by atoms with van der Waals surface area (Å²) in [6.07, 6.45) is 1.01. The minimum absolute atomic E-state index is 1.01. The van der Waals surface area contributed by atoms with Crippen molar-refractivity contribution >= 4 is 33.3 Å². The molecule has 1 aliphatic heterocycles. The fourth-order valence-corrected chi connectivity index (χ4v) is 3.95. The molecule has 0 unspecified atom stereocenters. The molecule has 18 heavy (non-hydrogen) atoms. The van der Waals surface area contributed by atoms with E-state index in [4.69, 9.17) is 0 Å². The van der Waals surface area contributed by atoms with Gasteiger partial charge in [0.1, 0.15) is 0 Å². The van der Waals surface area contributed by atoms with Crippen molar-refractivity contribution < 1.29 is 0 Å². The van der Waals surface area contributed by atoms with E-state index < -0.39 is 0 Å². The first kappa shape index (κ1) is 10.2. The summed E-state index contributed by atoms with van der Waals surface area (Å²) in [6, 6.07) is 17.4. The van der Waals surface area contributed by atoms with Crippen LogP contribution >= 0.6 is 11.8 Å². The number of fused-ring (bicyclic) bond motifs is 6. The average molecular weight is 248 g/mol. The van der Waals surface area contributed by atoms with Crippen molar-refractivity contribution in [1.82, 2.24) is 0 Å². The zero-order valence-electron chi connectivity index (χ0n) is 9.94. The van der Waals surface area contributed by atoms with Gasteiger partial charge in [-0.05, 0) is 32.0 Å². The van der Waals surface area contributed by atoms with Gasteiger partial charge in [-0.3, -0.25) is 0 Å². The lowest BCUT2D eigenvalue weighted by Gasteiger charge is -2.10. The van der Waals surface area contributed by atoms with E-state index in [1.54, 1.807) is 0 Å². The quantitative estimate of drug-likeness (QED) is 0.495. The predicted molar refractivity (Wildman–Crippen MR) is 80.2 cm³/mol. The highest BCUT2D eigenvalue weighted by molar-refractivity contribution is 8.03. The molecule has 0 bridgehead atoms. The molecular weight excluding hydrogens is 236 g/mol. The van der Waals surface area contributed by atoms with Crippen molar-refractivity contribution in [3.05, 3.63) is 65.6 Å². The first-order valence-corrected chi connectivity index (χ1v) is 6.94. The largest absolute Gasteiger partial charge is 0.0938 e. The van der Waals surface area contributed by atoms with Gasteiger partial charge in [-0.15, -0.1) is 0 Å². The van der Waals surface area contributed by atoms with E-state index in [9.17, 15) is 0 Å². The molecule has 3 aromatic rings. The Hall–Kier alpha value is -1.73. The molecule has 0 saturated heterocycles. The maximum atomic E-state index is 4.15. The number of benzene rings is 3. The number of hydrogen-bond acceptors (Lipinski definition) is 1. The van der Waals surface area contributed by atoms with Crippen molar-refractivity contribution in [3.63, 3.8) is 0 Å². The third-order valence-corrected chi connectivity index (χ3v) is 4.71. The van der Waals surface area contributed by atoms with Gasteiger partial charge in [-0.2, -0.15) is 0 Å². The normalized spacial score (nSPS) is 14.3. The topological polar surface area (TPSA) is 0 Å². The van der Waals surface area contributed by atoms with Gasteiger partial charge in [0.2, 0.25) is 0 Å². The summed E-state index contributed by atoms with van der Waals surface area (Å²) in [6.45, 7) is 4.15. The highest BCUT2D eigenvalue weighted by Gasteiger charge is 2.21. The van der Waals surface area contributed by atoms with Crippen molar-refractivity contribution in [1.29, 1.82) is 0 Å². The Morgan fingerprint density at radius 2 is 1.33 bits per heavy atom. The van der Waals surface area contributed by atoms with Gasteiger partial charge < -0.3 is 0 Å². The summed E-state index contributed by atoms with van der Waals surface area (Å²) in [5.74, 6) is 0. The van der Waals surface area contributed by atoms with Crippen LogP contribution < -0.4 is 0 Å². The summed E-state index contributed by atoms with van der Waals surface area (Å²) < 4.78 is 0. The molecule has 0 spiro atoms. The smallest absolute Gasteiger partial charge is 0.0239 e. The van der Waals surface area contributed by atoms with Gasteiger partial charge in [-0.25, -0.2) is 0 Å². The lowest BCUT2D eigenvalue weighted by atomic mass is 9.96. The molecule has 1 aliphatic rings. The van der Waals surface area contributed by atoms with Gasteiger partial charge in [0.25, 0.3) is 0 Å². The molecule has 0 amide bonds. The minimum Gasteiger partial charge on any atom is -0.0938 e. The second-order valence-electron chi connectivity index (χ2n) is 4.72. The summed E-state index contributed by atoms with van der Waals surface area (Å²) >= 11 is 1.84. The third-order valence-electron chi connectivity index (χ3n) is 3.61. The van der Waals surface area contributed by atoms with Gasteiger partial charge in [0, 0.05) is 11.3 Å². The van der Waals surface area contributed by atoms with Crippen molar-refractivity contribution in [3.8, 4) is 0 Å². The summed E-state index contributed by atoms with van der Waals surface area (Å²) in [4.78, 5) is 2.67. The van der Waals surface area contributed by atoms with Gasteiger partial charge >= 0.3 is 0 Å². The molecule has 3 aromatic carbocycles. The molecule has 0 N–H and O–H groups in total. The van der Waals surface area contributed by atoms with Crippen molar-refractivity contribution in [2.24, 2.45) is 0 Å². The maximum Gasteiger partial charge on any atom is 0.0239 e. The van der Waals surface area contributed by atoms with Crippen LogP contribution in [0, 0.1) is 0 Å². The van der Waals surface area contributed by atoms with E-state index in [1.165, 1.54) is 36.9 Å². The van der Waals surface area contributed by atoms with Gasteiger partial charge in [-0.1, -0.05) is 66.9 Å². The Bertz CT molecular complexity index is 732. The Balaban J connectivity index is 2.31. The summed E-state index contributed by atoms with van der Waals surface area (Å²) in [5.41, 5.74) is 1.46. The van der Waals surface area contributed by atoms with Crippen LogP contribution in [0.4, 0.5) is 0 Å². The van der Waals surface area contributed by atoms with E-state index in [0.29, 0.717) is 0 Å². The number of allylic oxidation sites excluding steroid dienone is 1. The minimum atomic E-state index is 1.01. The molecule has 0 saturated carbocycles. The first-order chi connectivity index (χ1) is 8.84. The molecule has 0 aromatic heterocycles. The zero-order valence-corrected chi connectivity index (χ0v) is 10.8. The van der Waals surface area contributed by atoms with Crippen LogP contribution in [-0.4, -0.2) is 0 Å². The predicted octanol–water partition coefficient (Wildman–Crippen LogP) is 5.15. The molecule has 1 heteroatoms. The molecule has 4 rings (SSSR count). The maximum absolute atomic E-state index is 4.15. The standard InChI is InChI=1S/C17H12S/c1-11-10-16-14-8-3-2-6-12(14)13-7-4-5-9-15(13)17(16)18-11/h2-9H,1,10H2. The van der Waals surface area contributed by atoms with E-state index in [-0.39, 0.29) is 0 Å². The SMILES string of the molecule is C=C1Cc2c(c3ccccc3c3ccccc23)S1. The van der Waals surface area contributed by atoms with Crippen molar-refractivity contribution in [2.45, 2.75) is 11.3 Å². The average Bonchev–Trinajstić information content (AvgIpc) is 2.81. The molecule has 0 nitrogen and oxygen atoms in total. The van der Waals surface area contributed by atoms with Crippen LogP contribution in [0.15, 0.2) is 64.9 Å². The van der Waals surface area contributed by atoms with Crippen LogP contribution in [0.2, 0.25) is 0 Å². The van der Waals surface area contributed by atoms with E-state index in [1.807, 2.05) is 11.8 Å². The molecule has 0 fully saturated rings. The van der Waals surface area contributed by atoms with Crippen LogP contribution in [0.5, 0.6) is 0 Å². The van der Waals surface area contributed by atoms with Crippen LogP contribution in [-0.2, 0) is 6.42 Å². The Kier molecular flexibility index (Phi) is 2.06. The fourth-order valence-electron chi connectivity index (χ4n) is 2.85. The molecule has 1 heterocycles. The van der Waals surface area contributed by atoms with E-state index >= 15 is 0 Å². The lowest BCUT2D eigenvalue weighted by Crippen LogP contribution is -1.86. The second kappa shape index (κ2) is 3.63. The van der Waals surface area contributed by atoms with E-state index in [0.717, 1.165) is 6.42 Å².